The molecule has 1 aromatic carbocycles. The smallest absolute Gasteiger partial charge is 0.256 e. The van der Waals surface area contributed by atoms with Crippen LogP contribution in [0, 0.1) is 11.8 Å². The van der Waals surface area contributed by atoms with Gasteiger partial charge in [0.25, 0.3) is 5.91 Å². The number of nitrogens with zero attached hydrogens (tertiary/aromatic N) is 1. The van der Waals surface area contributed by atoms with Gasteiger partial charge in [-0.1, -0.05) is 6.07 Å². The fourth-order valence-electron chi connectivity index (χ4n) is 1.33. The van der Waals surface area contributed by atoms with Gasteiger partial charge in [-0.2, -0.15) is 4.39 Å². The van der Waals surface area contributed by atoms with Crippen LogP contribution >= 0.6 is 0 Å². The van der Waals surface area contributed by atoms with Gasteiger partial charge >= 0.3 is 0 Å². The lowest BCUT2D eigenvalue weighted by Crippen LogP contribution is -2.13. The molecule has 92 valence electrons. The first-order valence-electron chi connectivity index (χ1n) is 5.05. The van der Waals surface area contributed by atoms with Crippen molar-refractivity contribution in [2.45, 2.75) is 0 Å². The van der Waals surface area contributed by atoms with Crippen LogP contribution in [0.5, 0.6) is 0 Å². The van der Waals surface area contributed by atoms with Gasteiger partial charge in [0.1, 0.15) is 11.6 Å². The van der Waals surface area contributed by atoms with E-state index >= 15 is 0 Å². The number of benzene rings is 1. The Morgan fingerprint density at radius 2 is 2.00 bits per heavy atom. The average Bonchev–Trinajstić information content (AvgIpc) is 2.32. The van der Waals surface area contributed by atoms with Crippen molar-refractivity contribution in [1.29, 1.82) is 0 Å². The highest BCUT2D eigenvalue weighted by Gasteiger charge is 2.09. The maximum Gasteiger partial charge on any atom is 0.256 e. The maximum atomic E-state index is 13.2. The van der Waals surface area contributed by atoms with Crippen LogP contribution in [0.2, 0.25) is 0 Å². The fraction of sp³-hybridized carbons (Fsp3) is 0. The molecular formula is C12H9F2N3O. The minimum atomic E-state index is -0.712. The van der Waals surface area contributed by atoms with Gasteiger partial charge in [-0.05, 0) is 30.3 Å². The zero-order valence-corrected chi connectivity index (χ0v) is 9.15. The zero-order valence-electron chi connectivity index (χ0n) is 9.15. The van der Waals surface area contributed by atoms with Crippen LogP contribution in [-0.2, 0) is 0 Å². The zero-order chi connectivity index (χ0) is 13.1. The lowest BCUT2D eigenvalue weighted by Gasteiger charge is -2.05. The molecule has 0 unspecified atom stereocenters. The van der Waals surface area contributed by atoms with Crippen LogP contribution in [0.1, 0.15) is 10.4 Å². The number of carbonyl (C=O) groups is 1. The quantitative estimate of drug-likeness (QED) is 0.633. The van der Waals surface area contributed by atoms with Crippen LogP contribution in [0.25, 0.3) is 0 Å². The molecule has 1 amide bonds. The molecule has 0 saturated heterocycles. The molecule has 0 aliphatic carbocycles. The summed E-state index contributed by atoms with van der Waals surface area (Å²) in [6, 6.07) is 7.63. The molecule has 0 bridgehead atoms. The largest absolute Gasteiger partial charge is 0.396 e. The number of anilines is 2. The molecule has 18 heavy (non-hydrogen) atoms. The summed E-state index contributed by atoms with van der Waals surface area (Å²) in [6.07, 6.45) is 0. The fourth-order valence-corrected chi connectivity index (χ4v) is 1.33. The Morgan fingerprint density at radius 3 is 2.67 bits per heavy atom. The van der Waals surface area contributed by atoms with Crippen molar-refractivity contribution in [3.8, 4) is 0 Å². The Morgan fingerprint density at radius 1 is 1.22 bits per heavy atom. The SMILES string of the molecule is Nc1ccc(C(=O)Nc2cccc(F)n2)cc1F. The molecule has 1 heterocycles. The van der Waals surface area contributed by atoms with Crippen LogP contribution in [-0.4, -0.2) is 10.9 Å². The van der Waals surface area contributed by atoms with Gasteiger partial charge in [0.15, 0.2) is 0 Å². The summed E-state index contributed by atoms with van der Waals surface area (Å²) in [5, 5.41) is 2.35. The monoisotopic (exact) mass is 249 g/mol. The molecule has 2 aromatic rings. The number of rotatable bonds is 2. The van der Waals surface area contributed by atoms with E-state index in [2.05, 4.69) is 10.3 Å². The van der Waals surface area contributed by atoms with Crippen molar-refractivity contribution in [1.82, 2.24) is 4.98 Å². The van der Waals surface area contributed by atoms with Gasteiger partial charge < -0.3 is 11.1 Å². The normalized spacial score (nSPS) is 10.1. The number of nitrogens with two attached hydrogens (primary N) is 1. The van der Waals surface area contributed by atoms with Gasteiger partial charge in [0.05, 0.1) is 5.69 Å². The van der Waals surface area contributed by atoms with E-state index in [1.165, 1.54) is 24.3 Å². The molecule has 0 saturated carbocycles. The third kappa shape index (κ3) is 2.60. The second kappa shape index (κ2) is 4.79. The minimum absolute atomic E-state index is 0.0459. The number of nitrogen functional groups attached to an aromatic ring is 1. The van der Waals surface area contributed by atoms with E-state index < -0.39 is 17.7 Å². The van der Waals surface area contributed by atoms with Crippen molar-refractivity contribution in [2.75, 3.05) is 11.1 Å². The minimum Gasteiger partial charge on any atom is -0.396 e. The highest BCUT2D eigenvalue weighted by Crippen LogP contribution is 2.13. The van der Waals surface area contributed by atoms with Crippen LogP contribution in [0.4, 0.5) is 20.3 Å². The highest BCUT2D eigenvalue weighted by molar-refractivity contribution is 6.03. The maximum absolute atomic E-state index is 13.2. The molecule has 0 fully saturated rings. The summed E-state index contributed by atoms with van der Waals surface area (Å²) in [4.78, 5) is 15.2. The Hall–Kier alpha value is -2.50. The molecular weight excluding hydrogens is 240 g/mol. The predicted molar refractivity (Wildman–Crippen MR) is 63.0 cm³/mol. The first-order valence-corrected chi connectivity index (χ1v) is 5.05. The number of amides is 1. The van der Waals surface area contributed by atoms with Gasteiger partial charge in [-0.3, -0.25) is 4.79 Å². The summed E-state index contributed by atoms with van der Waals surface area (Å²) in [7, 11) is 0. The van der Waals surface area contributed by atoms with Crippen molar-refractivity contribution in [3.05, 3.63) is 53.7 Å². The molecule has 6 heteroatoms. The first kappa shape index (κ1) is 12.0. The number of hydrogen-bond acceptors (Lipinski definition) is 3. The topological polar surface area (TPSA) is 68.0 Å². The number of carbonyl (C=O) groups excluding carboxylic acids is 1. The van der Waals surface area contributed by atoms with Gasteiger partial charge in [-0.15, -0.1) is 0 Å². The van der Waals surface area contributed by atoms with E-state index in [0.717, 1.165) is 12.1 Å². The summed E-state index contributed by atoms with van der Waals surface area (Å²) >= 11 is 0. The van der Waals surface area contributed by atoms with Gasteiger partial charge in [0.2, 0.25) is 5.95 Å². The molecule has 2 rings (SSSR count). The molecule has 0 aliphatic rings. The van der Waals surface area contributed by atoms with Gasteiger partial charge in [0, 0.05) is 5.56 Å². The van der Waals surface area contributed by atoms with E-state index in [4.69, 9.17) is 5.73 Å². The molecule has 0 atom stereocenters. The van der Waals surface area contributed by atoms with E-state index in [-0.39, 0.29) is 17.1 Å². The summed E-state index contributed by atoms with van der Waals surface area (Å²) in [5.74, 6) is -1.93. The van der Waals surface area contributed by atoms with Crippen molar-refractivity contribution >= 4 is 17.4 Å². The highest BCUT2D eigenvalue weighted by atomic mass is 19.1. The van der Waals surface area contributed by atoms with Crippen LogP contribution < -0.4 is 11.1 Å². The molecule has 0 spiro atoms. The van der Waals surface area contributed by atoms with Crippen molar-refractivity contribution in [3.63, 3.8) is 0 Å². The Kier molecular flexibility index (Phi) is 3.18. The lowest BCUT2D eigenvalue weighted by molar-refractivity contribution is 0.102. The lowest BCUT2D eigenvalue weighted by atomic mass is 10.2. The molecule has 0 radical (unpaired) electrons. The van der Waals surface area contributed by atoms with E-state index in [1.807, 2.05) is 0 Å². The molecule has 0 aliphatic heterocycles. The van der Waals surface area contributed by atoms with Gasteiger partial charge in [-0.25, -0.2) is 9.37 Å². The van der Waals surface area contributed by atoms with Crippen molar-refractivity contribution < 1.29 is 13.6 Å². The number of halogens is 2. The number of pyridine rings is 1. The third-order valence-corrected chi connectivity index (χ3v) is 2.22. The Bertz CT molecular complexity index is 602. The molecule has 4 nitrogen and oxygen atoms in total. The first-order chi connectivity index (χ1) is 8.56. The Labute approximate surface area is 101 Å². The van der Waals surface area contributed by atoms with Crippen LogP contribution in [0.15, 0.2) is 36.4 Å². The molecule has 3 N–H and O–H groups in total. The second-order valence-electron chi connectivity index (χ2n) is 3.54. The van der Waals surface area contributed by atoms with E-state index in [1.54, 1.807) is 0 Å². The standard InChI is InChI=1S/C12H9F2N3O/c13-8-6-7(4-5-9(8)15)12(18)17-11-3-1-2-10(14)16-11/h1-6H,15H2,(H,16,17,18). The van der Waals surface area contributed by atoms with E-state index in [9.17, 15) is 13.6 Å². The number of hydrogen-bond donors (Lipinski definition) is 2. The number of aromatic nitrogens is 1. The number of nitrogens with one attached hydrogen (secondary N) is 1. The summed E-state index contributed by atoms with van der Waals surface area (Å²) < 4.78 is 26.0. The van der Waals surface area contributed by atoms with Crippen molar-refractivity contribution in [2.24, 2.45) is 0 Å². The van der Waals surface area contributed by atoms with E-state index in [0.29, 0.717) is 0 Å². The third-order valence-electron chi connectivity index (χ3n) is 2.22. The summed E-state index contributed by atoms with van der Waals surface area (Å²) in [5.41, 5.74) is 5.32. The van der Waals surface area contributed by atoms with Crippen LogP contribution in [0.3, 0.4) is 0 Å². The summed E-state index contributed by atoms with van der Waals surface area (Å²) in [6.45, 7) is 0. The Balaban J connectivity index is 2.19. The second-order valence-corrected chi connectivity index (χ2v) is 3.54. The predicted octanol–water partition coefficient (Wildman–Crippen LogP) is 2.19. The molecule has 1 aromatic heterocycles. The average molecular weight is 249 g/mol.